The molecule has 0 radical (unpaired) electrons. The number of ether oxygens (including phenoxy) is 1. The Morgan fingerprint density at radius 2 is 1.90 bits per heavy atom. The van der Waals surface area contributed by atoms with Crippen LogP contribution < -0.4 is 10.6 Å². The van der Waals surface area contributed by atoms with Gasteiger partial charge in [0.05, 0.1) is 10.5 Å². The molecule has 3 rings (SSSR count). The zero-order chi connectivity index (χ0) is 20.8. The summed E-state index contributed by atoms with van der Waals surface area (Å²) < 4.78 is 4.96. The maximum atomic E-state index is 12.1. The summed E-state index contributed by atoms with van der Waals surface area (Å²) in [5.74, 6) is -1.24. The molecule has 2 N–H and O–H groups in total. The molecule has 8 nitrogen and oxygen atoms in total. The molecule has 0 bridgehead atoms. The lowest BCUT2D eigenvalue weighted by molar-refractivity contribution is -0.384. The van der Waals surface area contributed by atoms with E-state index in [1.807, 2.05) is 12.1 Å². The number of carbonyl (C=O) groups is 2. The van der Waals surface area contributed by atoms with Gasteiger partial charge in [-0.15, -0.1) is 0 Å². The Balaban J connectivity index is 1.47. The number of esters is 1. The largest absolute Gasteiger partial charge is 0.452 e. The highest BCUT2D eigenvalue weighted by atomic mass is 35.5. The fourth-order valence-electron chi connectivity index (χ4n) is 2.64. The predicted octanol–water partition coefficient (Wildman–Crippen LogP) is 3.34. The Morgan fingerprint density at radius 1 is 1.17 bits per heavy atom. The van der Waals surface area contributed by atoms with Gasteiger partial charge in [-0.1, -0.05) is 23.7 Å². The Morgan fingerprint density at radius 3 is 2.55 bits per heavy atom. The van der Waals surface area contributed by atoms with Crippen molar-refractivity contribution in [2.75, 3.05) is 18.5 Å². The molecule has 0 atom stereocenters. The van der Waals surface area contributed by atoms with Gasteiger partial charge in [-0.2, -0.15) is 0 Å². The molecule has 1 aliphatic rings. The lowest BCUT2D eigenvalue weighted by Gasteiger charge is -2.09. The number of benzene rings is 2. The number of nitrogens with one attached hydrogen (secondary N) is 2. The van der Waals surface area contributed by atoms with Crippen molar-refractivity contribution in [1.29, 1.82) is 0 Å². The molecule has 9 heteroatoms. The second-order valence-electron chi connectivity index (χ2n) is 6.71. The molecule has 0 spiro atoms. The van der Waals surface area contributed by atoms with Gasteiger partial charge in [-0.3, -0.25) is 14.9 Å². The molecule has 0 aliphatic heterocycles. The third-order valence-corrected chi connectivity index (χ3v) is 4.60. The van der Waals surface area contributed by atoms with E-state index in [1.165, 1.54) is 12.1 Å². The smallest absolute Gasteiger partial charge is 0.338 e. The summed E-state index contributed by atoms with van der Waals surface area (Å²) in [7, 11) is 0. The van der Waals surface area contributed by atoms with Crippen molar-refractivity contribution >= 4 is 34.9 Å². The maximum Gasteiger partial charge on any atom is 0.338 e. The number of rotatable bonds is 9. The molecular formula is C20H20ClN3O5. The predicted molar refractivity (Wildman–Crippen MR) is 108 cm³/mol. The number of nitrogens with zero attached hydrogens (tertiary/aromatic N) is 1. The Hall–Kier alpha value is -3.13. The minimum Gasteiger partial charge on any atom is -0.452 e. The van der Waals surface area contributed by atoms with E-state index in [0.717, 1.165) is 24.5 Å². The standard InChI is InChI=1S/C20H20ClN3O5/c21-15-4-1-13(2-5-15)9-10-22-19(25)12-29-20(26)14-3-8-17(23-16-6-7-16)18(11-14)24(27)28/h1-5,8,11,16,23H,6-7,9-10,12H2,(H,22,25). The Bertz CT molecular complexity index is 913. The van der Waals surface area contributed by atoms with Crippen molar-refractivity contribution in [3.63, 3.8) is 0 Å². The van der Waals surface area contributed by atoms with Crippen molar-refractivity contribution < 1.29 is 19.2 Å². The van der Waals surface area contributed by atoms with E-state index in [2.05, 4.69) is 10.6 Å². The van der Waals surface area contributed by atoms with Gasteiger partial charge in [0, 0.05) is 23.7 Å². The van der Waals surface area contributed by atoms with Gasteiger partial charge in [0.2, 0.25) is 0 Å². The average molecular weight is 418 g/mol. The number of nitro groups is 1. The summed E-state index contributed by atoms with van der Waals surface area (Å²) in [5, 5.41) is 17.6. The number of carbonyl (C=O) groups excluding carboxylic acids is 2. The number of nitro benzene ring substituents is 1. The highest BCUT2D eigenvalue weighted by molar-refractivity contribution is 6.30. The number of hydrogen-bond donors (Lipinski definition) is 2. The van der Waals surface area contributed by atoms with E-state index in [4.69, 9.17) is 16.3 Å². The first-order chi connectivity index (χ1) is 13.9. The van der Waals surface area contributed by atoms with Crippen molar-refractivity contribution in [3.05, 3.63) is 68.7 Å². The second kappa shape index (κ2) is 9.38. The van der Waals surface area contributed by atoms with Crippen molar-refractivity contribution in [1.82, 2.24) is 5.32 Å². The quantitative estimate of drug-likeness (QED) is 0.368. The maximum absolute atomic E-state index is 12.1. The molecule has 152 valence electrons. The van der Waals surface area contributed by atoms with Crippen LogP contribution in [0.15, 0.2) is 42.5 Å². The molecular weight excluding hydrogens is 398 g/mol. The normalized spacial score (nSPS) is 12.9. The highest BCUT2D eigenvalue weighted by Crippen LogP contribution is 2.31. The first-order valence-corrected chi connectivity index (χ1v) is 9.53. The van der Waals surface area contributed by atoms with Crippen LogP contribution in [0.4, 0.5) is 11.4 Å². The summed E-state index contributed by atoms with van der Waals surface area (Å²) in [6.45, 7) is -0.0830. The Kier molecular flexibility index (Phi) is 6.66. The van der Waals surface area contributed by atoms with Gasteiger partial charge in [0.25, 0.3) is 11.6 Å². The van der Waals surface area contributed by atoms with Crippen LogP contribution in [0.25, 0.3) is 0 Å². The number of hydrogen-bond acceptors (Lipinski definition) is 6. The molecule has 2 aromatic carbocycles. The summed E-state index contributed by atoms with van der Waals surface area (Å²) >= 11 is 5.82. The lowest BCUT2D eigenvalue weighted by atomic mass is 10.1. The molecule has 0 heterocycles. The van der Waals surface area contributed by atoms with E-state index in [0.29, 0.717) is 23.7 Å². The van der Waals surface area contributed by atoms with Gasteiger partial charge in [-0.25, -0.2) is 4.79 Å². The van der Waals surface area contributed by atoms with Crippen LogP contribution in [0.5, 0.6) is 0 Å². The minimum atomic E-state index is -0.793. The van der Waals surface area contributed by atoms with Crippen molar-refractivity contribution in [2.45, 2.75) is 25.3 Å². The molecule has 1 saturated carbocycles. The molecule has 0 saturated heterocycles. The van der Waals surface area contributed by atoms with Crippen LogP contribution in [0.3, 0.4) is 0 Å². The summed E-state index contributed by atoms with van der Waals surface area (Å²) in [4.78, 5) is 34.7. The number of amides is 1. The molecule has 0 aromatic heterocycles. The van der Waals surface area contributed by atoms with Gasteiger partial charge in [0.15, 0.2) is 6.61 Å². The van der Waals surface area contributed by atoms with Crippen molar-refractivity contribution in [2.24, 2.45) is 0 Å². The lowest BCUT2D eigenvalue weighted by Crippen LogP contribution is -2.30. The zero-order valence-electron chi connectivity index (χ0n) is 15.5. The minimum absolute atomic E-state index is 0.0204. The SMILES string of the molecule is O=C(COC(=O)c1ccc(NC2CC2)c([N+](=O)[O-])c1)NCCc1ccc(Cl)cc1. The zero-order valence-corrected chi connectivity index (χ0v) is 16.3. The summed E-state index contributed by atoms with van der Waals surface area (Å²) in [6.07, 6.45) is 2.54. The first-order valence-electron chi connectivity index (χ1n) is 9.15. The van der Waals surface area contributed by atoms with Crippen LogP contribution in [0.1, 0.15) is 28.8 Å². The van der Waals surface area contributed by atoms with E-state index in [-0.39, 0.29) is 17.3 Å². The third kappa shape index (κ3) is 6.18. The van der Waals surface area contributed by atoms with E-state index < -0.39 is 23.4 Å². The van der Waals surface area contributed by atoms with E-state index in [1.54, 1.807) is 12.1 Å². The van der Waals surface area contributed by atoms with Crippen LogP contribution in [-0.2, 0) is 16.0 Å². The van der Waals surface area contributed by atoms with Crippen molar-refractivity contribution in [3.8, 4) is 0 Å². The summed E-state index contributed by atoms with van der Waals surface area (Å²) in [6, 6.07) is 11.6. The molecule has 2 aromatic rings. The van der Waals surface area contributed by atoms with Crippen LogP contribution in [-0.4, -0.2) is 36.0 Å². The average Bonchev–Trinajstić information content (AvgIpc) is 3.52. The van der Waals surface area contributed by atoms with Gasteiger partial charge < -0.3 is 15.4 Å². The molecule has 29 heavy (non-hydrogen) atoms. The highest BCUT2D eigenvalue weighted by Gasteiger charge is 2.26. The Labute approximate surface area is 172 Å². The molecule has 1 aliphatic carbocycles. The fraction of sp³-hybridized carbons (Fsp3) is 0.300. The fourth-order valence-corrected chi connectivity index (χ4v) is 2.77. The third-order valence-electron chi connectivity index (χ3n) is 4.35. The number of halogens is 1. The monoisotopic (exact) mass is 417 g/mol. The summed E-state index contributed by atoms with van der Waals surface area (Å²) in [5.41, 5.74) is 1.21. The topological polar surface area (TPSA) is 111 Å². The van der Waals surface area contributed by atoms with Crippen LogP contribution in [0.2, 0.25) is 5.02 Å². The van der Waals surface area contributed by atoms with Gasteiger partial charge in [0.1, 0.15) is 5.69 Å². The number of anilines is 1. The van der Waals surface area contributed by atoms with Gasteiger partial charge >= 0.3 is 5.97 Å². The van der Waals surface area contributed by atoms with E-state index in [9.17, 15) is 19.7 Å². The molecule has 1 amide bonds. The molecule has 0 unspecified atom stereocenters. The first kappa shape index (κ1) is 20.6. The molecule has 1 fully saturated rings. The van der Waals surface area contributed by atoms with Gasteiger partial charge in [-0.05, 0) is 49.1 Å². The van der Waals surface area contributed by atoms with Crippen LogP contribution >= 0.6 is 11.6 Å². The second-order valence-corrected chi connectivity index (χ2v) is 7.15. The van der Waals surface area contributed by atoms with Crippen LogP contribution in [0, 0.1) is 10.1 Å². The van der Waals surface area contributed by atoms with E-state index >= 15 is 0 Å².